The van der Waals surface area contributed by atoms with Gasteiger partial charge in [-0.3, -0.25) is 4.98 Å². The van der Waals surface area contributed by atoms with E-state index in [0.717, 1.165) is 22.6 Å². The summed E-state index contributed by atoms with van der Waals surface area (Å²) in [6, 6.07) is 8.11. The number of thiophene rings is 1. The molecule has 0 bridgehead atoms. The minimum atomic E-state index is -0.435. The average Bonchev–Trinajstić information content (AvgIpc) is 2.81. The minimum Gasteiger partial charge on any atom is -0.387 e. The van der Waals surface area contributed by atoms with Crippen LogP contribution in [0.5, 0.6) is 0 Å². The smallest absolute Gasteiger partial charge is 0.0937 e. The van der Waals surface area contributed by atoms with Gasteiger partial charge in [0.15, 0.2) is 0 Å². The largest absolute Gasteiger partial charge is 0.387 e. The van der Waals surface area contributed by atoms with Gasteiger partial charge in [-0.15, -0.1) is 11.3 Å². The van der Waals surface area contributed by atoms with E-state index in [4.69, 9.17) is 0 Å². The molecule has 0 aliphatic rings. The number of aliphatic hydroxyl groups excluding tert-OH is 1. The molecule has 2 aromatic heterocycles. The third-order valence-electron chi connectivity index (χ3n) is 2.73. The topological polar surface area (TPSA) is 33.1 Å². The van der Waals surface area contributed by atoms with Crippen molar-refractivity contribution in [2.45, 2.75) is 32.8 Å². The van der Waals surface area contributed by atoms with Crippen LogP contribution in [0.25, 0.3) is 0 Å². The summed E-state index contributed by atoms with van der Waals surface area (Å²) in [5.74, 6) is 0. The molecule has 2 heterocycles. The van der Waals surface area contributed by atoms with Crippen molar-refractivity contribution in [1.82, 2.24) is 4.98 Å². The highest BCUT2D eigenvalue weighted by Crippen LogP contribution is 2.25. The Morgan fingerprint density at radius 1 is 1.29 bits per heavy atom. The summed E-state index contributed by atoms with van der Waals surface area (Å²) in [4.78, 5) is 6.66. The van der Waals surface area contributed by atoms with E-state index >= 15 is 0 Å². The first-order chi connectivity index (χ1) is 8.19. The molecule has 0 radical (unpaired) electrons. The lowest BCUT2D eigenvalue weighted by Gasteiger charge is -2.07. The molecule has 2 aromatic rings. The first-order valence-electron chi connectivity index (χ1n) is 5.87. The van der Waals surface area contributed by atoms with Crippen LogP contribution < -0.4 is 0 Å². The molecule has 3 heteroatoms. The second-order valence-electron chi connectivity index (χ2n) is 4.20. The van der Waals surface area contributed by atoms with E-state index in [1.807, 2.05) is 31.3 Å². The van der Waals surface area contributed by atoms with Crippen molar-refractivity contribution >= 4 is 11.3 Å². The second kappa shape index (κ2) is 5.43. The van der Waals surface area contributed by atoms with Gasteiger partial charge in [-0.2, -0.15) is 0 Å². The fourth-order valence-electron chi connectivity index (χ4n) is 1.68. The second-order valence-corrected chi connectivity index (χ2v) is 5.40. The molecule has 2 nitrogen and oxygen atoms in total. The quantitative estimate of drug-likeness (QED) is 0.899. The van der Waals surface area contributed by atoms with Crippen LogP contribution in [0.15, 0.2) is 30.5 Å². The molecule has 2 rings (SSSR count). The number of aryl methyl sites for hydroxylation is 2. The maximum Gasteiger partial charge on any atom is 0.0937 e. The predicted molar refractivity (Wildman–Crippen MR) is 71.3 cm³/mol. The van der Waals surface area contributed by atoms with Crippen molar-refractivity contribution in [3.8, 4) is 0 Å². The van der Waals surface area contributed by atoms with Crippen molar-refractivity contribution in [3.05, 3.63) is 51.5 Å². The molecule has 0 spiro atoms. The minimum absolute atomic E-state index is 0.435. The number of hydrogen-bond donors (Lipinski definition) is 1. The van der Waals surface area contributed by atoms with E-state index in [2.05, 4.69) is 18.0 Å². The van der Waals surface area contributed by atoms with Gasteiger partial charge in [-0.25, -0.2) is 0 Å². The number of aliphatic hydroxyl groups is 1. The lowest BCUT2D eigenvalue weighted by Crippen LogP contribution is -2.01. The van der Waals surface area contributed by atoms with Gasteiger partial charge in [-0.1, -0.05) is 13.0 Å². The monoisotopic (exact) mass is 247 g/mol. The Kier molecular flexibility index (Phi) is 3.92. The van der Waals surface area contributed by atoms with Gasteiger partial charge in [0.1, 0.15) is 0 Å². The van der Waals surface area contributed by atoms with Crippen LogP contribution >= 0.6 is 11.3 Å². The highest BCUT2D eigenvalue weighted by atomic mass is 32.1. The van der Waals surface area contributed by atoms with Crippen LogP contribution in [0.1, 0.15) is 34.0 Å². The fourth-order valence-corrected chi connectivity index (χ4v) is 2.62. The van der Waals surface area contributed by atoms with Gasteiger partial charge in [0.2, 0.25) is 0 Å². The fraction of sp³-hybridized carbons (Fsp3) is 0.357. The van der Waals surface area contributed by atoms with Gasteiger partial charge < -0.3 is 5.11 Å². The highest BCUT2D eigenvalue weighted by molar-refractivity contribution is 7.12. The Bertz CT molecular complexity index is 475. The molecule has 0 aromatic carbocycles. The maximum atomic E-state index is 10.1. The van der Waals surface area contributed by atoms with E-state index in [-0.39, 0.29) is 0 Å². The standard InChI is InChI=1S/C14H17NOS/c1-3-12-6-7-14(17-12)13(16)8-11-5-4-10(2)9-15-11/h4-7,9,13,16H,3,8H2,1-2H3. The number of rotatable bonds is 4. The van der Waals surface area contributed by atoms with Gasteiger partial charge in [0.25, 0.3) is 0 Å². The molecule has 0 saturated carbocycles. The molecule has 1 atom stereocenters. The number of hydrogen-bond acceptors (Lipinski definition) is 3. The molecule has 0 fully saturated rings. The van der Waals surface area contributed by atoms with Crippen molar-refractivity contribution in [3.63, 3.8) is 0 Å². The molecule has 17 heavy (non-hydrogen) atoms. The lowest BCUT2D eigenvalue weighted by atomic mass is 10.1. The Morgan fingerprint density at radius 2 is 2.12 bits per heavy atom. The molecule has 1 unspecified atom stereocenters. The van der Waals surface area contributed by atoms with E-state index in [1.165, 1.54) is 4.88 Å². The molecule has 1 N–H and O–H groups in total. The van der Waals surface area contributed by atoms with Crippen LogP contribution in [-0.4, -0.2) is 10.1 Å². The van der Waals surface area contributed by atoms with Crippen LogP contribution in [0.2, 0.25) is 0 Å². The summed E-state index contributed by atoms with van der Waals surface area (Å²) >= 11 is 1.69. The Balaban J connectivity index is 2.05. The van der Waals surface area contributed by atoms with Crippen LogP contribution in [0.4, 0.5) is 0 Å². The van der Waals surface area contributed by atoms with Crippen molar-refractivity contribution < 1.29 is 5.11 Å². The summed E-state index contributed by atoms with van der Waals surface area (Å²) in [5.41, 5.74) is 2.09. The van der Waals surface area contributed by atoms with Crippen molar-refractivity contribution in [2.75, 3.05) is 0 Å². The predicted octanol–water partition coefficient (Wildman–Crippen LogP) is 3.29. The molecule has 0 aliphatic heterocycles. The number of aromatic nitrogens is 1. The Hall–Kier alpha value is -1.19. The SMILES string of the molecule is CCc1ccc(C(O)Cc2ccc(C)cn2)s1. The van der Waals surface area contributed by atoms with Crippen LogP contribution in [0.3, 0.4) is 0 Å². The van der Waals surface area contributed by atoms with E-state index < -0.39 is 6.10 Å². The molecule has 90 valence electrons. The Labute approximate surface area is 106 Å². The summed E-state index contributed by atoms with van der Waals surface area (Å²) in [7, 11) is 0. The summed E-state index contributed by atoms with van der Waals surface area (Å²) < 4.78 is 0. The zero-order valence-electron chi connectivity index (χ0n) is 10.2. The normalized spacial score (nSPS) is 12.6. The zero-order valence-corrected chi connectivity index (χ0v) is 11.0. The van der Waals surface area contributed by atoms with Gasteiger partial charge in [-0.05, 0) is 37.1 Å². The van der Waals surface area contributed by atoms with Crippen molar-refractivity contribution in [2.24, 2.45) is 0 Å². The molecular formula is C14H17NOS. The molecule has 0 aliphatic carbocycles. The molecular weight excluding hydrogens is 230 g/mol. The van der Waals surface area contributed by atoms with Crippen LogP contribution in [-0.2, 0) is 12.8 Å². The molecule has 0 saturated heterocycles. The molecule has 0 amide bonds. The summed E-state index contributed by atoms with van der Waals surface area (Å²) in [5, 5.41) is 10.1. The summed E-state index contributed by atoms with van der Waals surface area (Å²) in [6.07, 6.45) is 3.02. The van der Waals surface area contributed by atoms with Gasteiger partial charge in [0, 0.05) is 28.1 Å². The first-order valence-corrected chi connectivity index (χ1v) is 6.69. The number of pyridine rings is 1. The van der Waals surface area contributed by atoms with E-state index in [0.29, 0.717) is 6.42 Å². The first kappa shape index (κ1) is 12.3. The average molecular weight is 247 g/mol. The lowest BCUT2D eigenvalue weighted by molar-refractivity contribution is 0.181. The number of nitrogens with zero attached hydrogens (tertiary/aromatic N) is 1. The van der Waals surface area contributed by atoms with Crippen LogP contribution in [0, 0.1) is 6.92 Å². The van der Waals surface area contributed by atoms with E-state index in [1.54, 1.807) is 11.3 Å². The van der Waals surface area contributed by atoms with Gasteiger partial charge >= 0.3 is 0 Å². The zero-order chi connectivity index (χ0) is 12.3. The summed E-state index contributed by atoms with van der Waals surface area (Å²) in [6.45, 7) is 4.14. The van der Waals surface area contributed by atoms with E-state index in [9.17, 15) is 5.11 Å². The third-order valence-corrected chi connectivity index (χ3v) is 4.07. The highest BCUT2D eigenvalue weighted by Gasteiger charge is 2.11. The third kappa shape index (κ3) is 3.14. The van der Waals surface area contributed by atoms with Crippen molar-refractivity contribution in [1.29, 1.82) is 0 Å². The maximum absolute atomic E-state index is 10.1. The Morgan fingerprint density at radius 3 is 2.71 bits per heavy atom. The van der Waals surface area contributed by atoms with Gasteiger partial charge in [0.05, 0.1) is 6.10 Å².